The third-order valence-corrected chi connectivity index (χ3v) is 2.13. The van der Waals surface area contributed by atoms with Crippen molar-refractivity contribution in [1.29, 1.82) is 0 Å². The van der Waals surface area contributed by atoms with Crippen LogP contribution in [0.4, 0.5) is 5.69 Å². The van der Waals surface area contributed by atoms with Crippen molar-refractivity contribution >= 4 is 27.4 Å². The molecule has 0 amide bonds. The minimum Gasteiger partial charge on any atom is -0.258 e. The van der Waals surface area contributed by atoms with Crippen molar-refractivity contribution in [2.24, 2.45) is 0 Å². The number of aromatic nitrogens is 2. The van der Waals surface area contributed by atoms with Gasteiger partial charge in [-0.2, -0.15) is 0 Å². The van der Waals surface area contributed by atoms with E-state index in [9.17, 15) is 10.1 Å². The molecule has 0 aliphatic rings. The van der Waals surface area contributed by atoms with Crippen LogP contribution < -0.4 is 0 Å². The van der Waals surface area contributed by atoms with E-state index in [0.717, 1.165) is 16.2 Å². The lowest BCUT2D eigenvalue weighted by Gasteiger charge is -1.88. The first-order chi connectivity index (χ1) is 5.77. The zero-order valence-electron chi connectivity index (χ0n) is 5.80. The number of rotatable bonds is 1. The first kappa shape index (κ1) is 7.11. The van der Waals surface area contributed by atoms with Crippen LogP contribution in [0.5, 0.6) is 0 Å². The van der Waals surface area contributed by atoms with Crippen LogP contribution >= 0.6 is 11.5 Å². The highest BCUT2D eigenvalue weighted by Gasteiger charge is 2.07. The van der Waals surface area contributed by atoms with Crippen molar-refractivity contribution in [1.82, 2.24) is 9.59 Å². The quantitative estimate of drug-likeness (QED) is 0.495. The Morgan fingerprint density at radius 1 is 1.50 bits per heavy atom. The smallest absolute Gasteiger partial charge is 0.258 e. The highest BCUT2D eigenvalue weighted by molar-refractivity contribution is 7.12. The second-order valence-electron chi connectivity index (χ2n) is 2.18. The normalized spacial score (nSPS) is 10.3. The van der Waals surface area contributed by atoms with E-state index in [1.165, 1.54) is 12.1 Å². The van der Waals surface area contributed by atoms with Crippen molar-refractivity contribution in [2.45, 2.75) is 0 Å². The lowest BCUT2D eigenvalue weighted by Crippen LogP contribution is -1.85. The Balaban J connectivity index is 2.68. The summed E-state index contributed by atoms with van der Waals surface area (Å²) in [5, 5.41) is 14.1. The molecule has 60 valence electrons. The Morgan fingerprint density at radius 2 is 2.33 bits per heavy atom. The SMILES string of the molecule is O=[N+]([O-])c1ccc2nnsc2c1. The molecule has 0 saturated heterocycles. The zero-order valence-corrected chi connectivity index (χ0v) is 6.61. The van der Waals surface area contributed by atoms with Gasteiger partial charge in [0.1, 0.15) is 5.52 Å². The van der Waals surface area contributed by atoms with E-state index in [1.807, 2.05) is 0 Å². The van der Waals surface area contributed by atoms with E-state index in [1.54, 1.807) is 6.07 Å². The number of hydrogen-bond acceptors (Lipinski definition) is 5. The molecule has 0 unspecified atom stereocenters. The second-order valence-corrected chi connectivity index (χ2v) is 2.97. The van der Waals surface area contributed by atoms with Crippen LogP contribution in [-0.2, 0) is 0 Å². The minimum atomic E-state index is -0.431. The average Bonchev–Trinajstić information content (AvgIpc) is 2.49. The maximum absolute atomic E-state index is 10.3. The molecule has 0 atom stereocenters. The second kappa shape index (κ2) is 2.49. The topological polar surface area (TPSA) is 68.9 Å². The molecule has 0 saturated carbocycles. The maximum atomic E-state index is 10.3. The number of hydrogen-bond donors (Lipinski definition) is 0. The highest BCUT2D eigenvalue weighted by Crippen LogP contribution is 2.21. The maximum Gasteiger partial charge on any atom is 0.271 e. The van der Waals surface area contributed by atoms with Crippen LogP contribution in [0.2, 0.25) is 0 Å². The van der Waals surface area contributed by atoms with Crippen LogP contribution in [0, 0.1) is 10.1 Å². The Bertz CT molecular complexity index is 439. The summed E-state index contributed by atoms with van der Waals surface area (Å²) in [6.45, 7) is 0. The number of non-ortho nitro benzene ring substituents is 1. The van der Waals surface area contributed by atoms with E-state index in [-0.39, 0.29) is 5.69 Å². The highest BCUT2D eigenvalue weighted by atomic mass is 32.1. The Kier molecular flexibility index (Phi) is 1.47. The van der Waals surface area contributed by atoms with E-state index < -0.39 is 4.92 Å². The Hall–Kier alpha value is -1.56. The molecular formula is C6H3N3O2S. The first-order valence-electron chi connectivity index (χ1n) is 3.14. The fourth-order valence-corrected chi connectivity index (χ4v) is 1.47. The molecule has 12 heavy (non-hydrogen) atoms. The predicted molar refractivity (Wildman–Crippen MR) is 44.1 cm³/mol. The minimum absolute atomic E-state index is 0.0774. The van der Waals surface area contributed by atoms with Gasteiger partial charge in [-0.15, -0.1) is 5.10 Å². The summed E-state index contributed by atoms with van der Waals surface area (Å²) in [5.41, 5.74) is 0.777. The molecule has 1 aromatic carbocycles. The van der Waals surface area contributed by atoms with E-state index in [0.29, 0.717) is 5.52 Å². The number of nitro groups is 1. The summed E-state index contributed by atoms with van der Waals surface area (Å²) >= 11 is 1.15. The fourth-order valence-electron chi connectivity index (χ4n) is 0.880. The molecule has 2 rings (SSSR count). The molecule has 5 nitrogen and oxygen atoms in total. The summed E-state index contributed by atoms with van der Waals surface area (Å²) in [6, 6.07) is 4.49. The van der Waals surface area contributed by atoms with E-state index in [4.69, 9.17) is 0 Å². The molecule has 0 radical (unpaired) electrons. The molecule has 1 heterocycles. The Labute approximate surface area is 71.0 Å². The summed E-state index contributed by atoms with van der Waals surface area (Å²) < 4.78 is 4.41. The van der Waals surface area contributed by atoms with Gasteiger partial charge in [-0.05, 0) is 17.6 Å². The van der Waals surface area contributed by atoms with Crippen molar-refractivity contribution in [3.63, 3.8) is 0 Å². The van der Waals surface area contributed by atoms with Crippen molar-refractivity contribution in [3.8, 4) is 0 Å². The summed E-state index contributed by atoms with van der Waals surface area (Å²) in [5.74, 6) is 0. The lowest BCUT2D eigenvalue weighted by molar-refractivity contribution is -0.384. The molecule has 0 fully saturated rings. The van der Waals surface area contributed by atoms with Gasteiger partial charge in [-0.1, -0.05) is 4.49 Å². The van der Waals surface area contributed by atoms with Crippen molar-refractivity contribution in [2.75, 3.05) is 0 Å². The standard InChI is InChI=1S/C6H3N3O2S/c10-9(11)4-1-2-5-6(3-4)12-8-7-5/h1-3H. The van der Waals surface area contributed by atoms with Gasteiger partial charge in [0.2, 0.25) is 0 Å². The number of nitrogens with zero attached hydrogens (tertiary/aromatic N) is 3. The van der Waals surface area contributed by atoms with Crippen LogP contribution in [0.25, 0.3) is 10.2 Å². The molecule has 1 aromatic heterocycles. The molecule has 6 heteroatoms. The average molecular weight is 181 g/mol. The fraction of sp³-hybridized carbons (Fsp3) is 0. The van der Waals surface area contributed by atoms with E-state index in [2.05, 4.69) is 9.59 Å². The van der Waals surface area contributed by atoms with Crippen LogP contribution in [-0.4, -0.2) is 14.5 Å². The molecule has 0 aliphatic carbocycles. The third-order valence-electron chi connectivity index (χ3n) is 1.44. The molecule has 0 bridgehead atoms. The van der Waals surface area contributed by atoms with Crippen molar-refractivity contribution in [3.05, 3.63) is 28.3 Å². The first-order valence-corrected chi connectivity index (χ1v) is 3.91. The zero-order chi connectivity index (χ0) is 8.55. The van der Waals surface area contributed by atoms with Crippen LogP contribution in [0.3, 0.4) is 0 Å². The Morgan fingerprint density at radius 3 is 3.08 bits per heavy atom. The molecule has 0 spiro atoms. The summed E-state index contributed by atoms with van der Waals surface area (Å²) in [7, 11) is 0. The van der Waals surface area contributed by atoms with Gasteiger partial charge in [0.25, 0.3) is 5.69 Å². The van der Waals surface area contributed by atoms with Crippen LogP contribution in [0.15, 0.2) is 18.2 Å². The lowest BCUT2D eigenvalue weighted by atomic mass is 10.3. The van der Waals surface area contributed by atoms with Gasteiger partial charge in [0, 0.05) is 12.1 Å². The molecule has 2 aromatic rings. The van der Waals surface area contributed by atoms with Gasteiger partial charge in [0.15, 0.2) is 0 Å². The van der Waals surface area contributed by atoms with Gasteiger partial charge >= 0.3 is 0 Å². The predicted octanol–water partition coefficient (Wildman–Crippen LogP) is 1.60. The number of nitro benzene ring substituents is 1. The molecule has 0 aliphatic heterocycles. The summed E-state index contributed by atoms with van der Waals surface area (Å²) in [6.07, 6.45) is 0. The van der Waals surface area contributed by atoms with Crippen LogP contribution in [0.1, 0.15) is 0 Å². The van der Waals surface area contributed by atoms with E-state index >= 15 is 0 Å². The van der Waals surface area contributed by atoms with Gasteiger partial charge in [-0.3, -0.25) is 10.1 Å². The largest absolute Gasteiger partial charge is 0.271 e. The molecule has 0 N–H and O–H groups in total. The van der Waals surface area contributed by atoms with Gasteiger partial charge in [-0.25, -0.2) is 0 Å². The van der Waals surface area contributed by atoms with Gasteiger partial charge < -0.3 is 0 Å². The van der Waals surface area contributed by atoms with Crippen molar-refractivity contribution < 1.29 is 4.92 Å². The monoisotopic (exact) mass is 181 g/mol. The number of benzene rings is 1. The van der Waals surface area contributed by atoms with Gasteiger partial charge in [0.05, 0.1) is 9.62 Å². The molecular weight excluding hydrogens is 178 g/mol. The summed E-state index contributed by atoms with van der Waals surface area (Å²) in [4.78, 5) is 9.90. The number of fused-ring (bicyclic) bond motifs is 1. The third kappa shape index (κ3) is 1.02.